The fourth-order valence-electron chi connectivity index (χ4n) is 3.17. The van der Waals surface area contributed by atoms with Crippen molar-refractivity contribution in [2.75, 3.05) is 26.3 Å². The zero-order valence-electron chi connectivity index (χ0n) is 15.5. The van der Waals surface area contributed by atoms with E-state index in [1.807, 2.05) is 11.1 Å². The van der Waals surface area contributed by atoms with E-state index in [2.05, 4.69) is 19.9 Å². The highest BCUT2D eigenvalue weighted by Crippen LogP contribution is 2.33. The Morgan fingerprint density at radius 2 is 1.85 bits per heavy atom. The molecule has 2 aromatic heterocycles. The zero-order chi connectivity index (χ0) is 19.4. The average Bonchev–Trinajstić information content (AvgIpc) is 3.18. The average molecular weight is 389 g/mol. The maximum atomic E-state index is 14.3. The van der Waals surface area contributed by atoms with E-state index in [0.29, 0.717) is 25.3 Å². The van der Waals surface area contributed by atoms with Crippen molar-refractivity contribution in [3.8, 4) is 16.9 Å². The SMILES string of the molecule is Cc1cc(-c2nn(-c3ccccc3F)cc2CN(CCO)CCO)c(C)s1. The van der Waals surface area contributed by atoms with Crippen LogP contribution >= 0.6 is 11.3 Å². The summed E-state index contributed by atoms with van der Waals surface area (Å²) < 4.78 is 15.8. The van der Waals surface area contributed by atoms with Gasteiger partial charge >= 0.3 is 0 Å². The van der Waals surface area contributed by atoms with Gasteiger partial charge in [0.05, 0.1) is 18.9 Å². The van der Waals surface area contributed by atoms with Gasteiger partial charge in [-0.3, -0.25) is 4.90 Å². The molecule has 144 valence electrons. The summed E-state index contributed by atoms with van der Waals surface area (Å²) in [5.74, 6) is -0.334. The summed E-state index contributed by atoms with van der Waals surface area (Å²) in [7, 11) is 0. The molecule has 0 fully saturated rings. The monoisotopic (exact) mass is 389 g/mol. The van der Waals surface area contributed by atoms with Gasteiger partial charge < -0.3 is 10.2 Å². The smallest absolute Gasteiger partial charge is 0.148 e. The van der Waals surface area contributed by atoms with Crippen molar-refractivity contribution in [3.05, 3.63) is 57.7 Å². The number of hydrogen-bond donors (Lipinski definition) is 2. The third-order valence-electron chi connectivity index (χ3n) is 4.41. The molecule has 0 saturated heterocycles. The molecule has 3 aromatic rings. The van der Waals surface area contributed by atoms with Crippen molar-refractivity contribution >= 4 is 11.3 Å². The Kier molecular flexibility index (Phi) is 6.38. The molecule has 0 aliphatic heterocycles. The maximum Gasteiger partial charge on any atom is 0.148 e. The lowest BCUT2D eigenvalue weighted by molar-refractivity contribution is 0.156. The Bertz CT molecular complexity index is 901. The van der Waals surface area contributed by atoms with Crippen LogP contribution in [-0.2, 0) is 6.54 Å². The van der Waals surface area contributed by atoms with Gasteiger partial charge in [0.2, 0.25) is 0 Å². The van der Waals surface area contributed by atoms with Crippen molar-refractivity contribution in [2.24, 2.45) is 0 Å². The number of halogens is 1. The van der Waals surface area contributed by atoms with Gasteiger partial charge in [-0.1, -0.05) is 12.1 Å². The fourth-order valence-corrected chi connectivity index (χ4v) is 4.10. The second kappa shape index (κ2) is 8.75. The van der Waals surface area contributed by atoms with Crippen molar-refractivity contribution < 1.29 is 14.6 Å². The Morgan fingerprint density at radius 1 is 1.15 bits per heavy atom. The second-order valence-electron chi connectivity index (χ2n) is 6.45. The number of benzene rings is 1. The molecule has 3 rings (SSSR count). The van der Waals surface area contributed by atoms with E-state index in [1.165, 1.54) is 10.9 Å². The van der Waals surface area contributed by atoms with E-state index in [0.717, 1.165) is 21.7 Å². The van der Waals surface area contributed by atoms with E-state index < -0.39 is 0 Å². The van der Waals surface area contributed by atoms with Crippen LogP contribution in [0.1, 0.15) is 15.3 Å². The van der Waals surface area contributed by atoms with Crippen LogP contribution in [0.5, 0.6) is 0 Å². The summed E-state index contributed by atoms with van der Waals surface area (Å²) in [5.41, 5.74) is 3.17. The Morgan fingerprint density at radius 3 is 2.44 bits per heavy atom. The molecule has 0 saturated carbocycles. The zero-order valence-corrected chi connectivity index (χ0v) is 16.3. The van der Waals surface area contributed by atoms with Crippen molar-refractivity contribution in [1.82, 2.24) is 14.7 Å². The summed E-state index contributed by atoms with van der Waals surface area (Å²) in [6.07, 6.45) is 1.84. The highest BCUT2D eigenvalue weighted by Gasteiger charge is 2.19. The Balaban J connectivity index is 2.06. The summed E-state index contributed by atoms with van der Waals surface area (Å²) in [6.45, 7) is 5.54. The molecule has 7 heteroatoms. The van der Waals surface area contributed by atoms with Gasteiger partial charge in [0, 0.05) is 46.7 Å². The van der Waals surface area contributed by atoms with Gasteiger partial charge in [-0.25, -0.2) is 9.07 Å². The molecule has 0 atom stereocenters. The summed E-state index contributed by atoms with van der Waals surface area (Å²) >= 11 is 1.70. The lowest BCUT2D eigenvalue weighted by Crippen LogP contribution is -2.29. The molecular weight excluding hydrogens is 365 g/mol. The molecule has 2 heterocycles. The highest BCUT2D eigenvalue weighted by atomic mass is 32.1. The van der Waals surface area contributed by atoms with E-state index in [4.69, 9.17) is 5.10 Å². The number of thiophene rings is 1. The van der Waals surface area contributed by atoms with E-state index >= 15 is 0 Å². The first-order valence-corrected chi connectivity index (χ1v) is 9.70. The lowest BCUT2D eigenvalue weighted by Gasteiger charge is -2.19. The molecule has 2 N–H and O–H groups in total. The van der Waals surface area contributed by atoms with Crippen molar-refractivity contribution in [1.29, 1.82) is 0 Å². The minimum absolute atomic E-state index is 0.00731. The molecule has 0 unspecified atom stereocenters. The van der Waals surface area contributed by atoms with Crippen LogP contribution in [0.3, 0.4) is 0 Å². The number of nitrogens with zero attached hydrogens (tertiary/aromatic N) is 3. The predicted molar refractivity (Wildman–Crippen MR) is 106 cm³/mol. The van der Waals surface area contributed by atoms with E-state index in [9.17, 15) is 14.6 Å². The molecular formula is C20H24FN3O2S. The molecule has 0 amide bonds. The summed E-state index contributed by atoms with van der Waals surface area (Å²) in [5, 5.41) is 23.3. The third kappa shape index (κ3) is 4.44. The topological polar surface area (TPSA) is 61.5 Å². The first-order valence-electron chi connectivity index (χ1n) is 8.88. The van der Waals surface area contributed by atoms with Crippen molar-refractivity contribution in [2.45, 2.75) is 20.4 Å². The van der Waals surface area contributed by atoms with Crippen LogP contribution in [0.2, 0.25) is 0 Å². The van der Waals surface area contributed by atoms with Crippen LogP contribution < -0.4 is 0 Å². The normalized spacial score (nSPS) is 11.5. The number of para-hydroxylation sites is 1. The molecule has 0 aliphatic rings. The Labute approximate surface area is 162 Å². The molecule has 5 nitrogen and oxygen atoms in total. The number of aromatic nitrogens is 2. The number of aryl methyl sites for hydroxylation is 2. The largest absolute Gasteiger partial charge is 0.395 e. The van der Waals surface area contributed by atoms with Gasteiger partial charge in [-0.15, -0.1) is 11.3 Å². The highest BCUT2D eigenvalue weighted by molar-refractivity contribution is 7.12. The van der Waals surface area contributed by atoms with Gasteiger partial charge in [0.1, 0.15) is 11.5 Å². The maximum absolute atomic E-state index is 14.3. The number of hydrogen-bond acceptors (Lipinski definition) is 5. The second-order valence-corrected chi connectivity index (χ2v) is 7.91. The fraction of sp³-hybridized carbons (Fsp3) is 0.350. The summed E-state index contributed by atoms with van der Waals surface area (Å²) in [6, 6.07) is 8.64. The molecule has 27 heavy (non-hydrogen) atoms. The van der Waals surface area contributed by atoms with Crippen LogP contribution in [0.25, 0.3) is 16.9 Å². The third-order valence-corrected chi connectivity index (χ3v) is 5.38. The first kappa shape index (κ1) is 19.7. The van der Waals surface area contributed by atoms with Crippen LogP contribution in [0.15, 0.2) is 36.5 Å². The quantitative estimate of drug-likeness (QED) is 0.621. The molecule has 0 bridgehead atoms. The molecule has 0 radical (unpaired) electrons. The van der Waals surface area contributed by atoms with Crippen LogP contribution in [-0.4, -0.2) is 51.2 Å². The molecule has 1 aromatic carbocycles. The minimum Gasteiger partial charge on any atom is -0.395 e. The van der Waals surface area contributed by atoms with Crippen LogP contribution in [0, 0.1) is 19.7 Å². The minimum atomic E-state index is -0.334. The number of aliphatic hydroxyl groups excluding tert-OH is 2. The standard InChI is InChI=1S/C20H24FN3O2S/c1-14-11-17(15(2)27-14)20-16(12-23(7-9-25)8-10-26)13-24(22-20)19-6-4-3-5-18(19)21/h3-6,11,13,25-26H,7-10,12H2,1-2H3. The van der Waals surface area contributed by atoms with Gasteiger partial charge in [-0.05, 0) is 32.0 Å². The predicted octanol–water partition coefficient (Wildman–Crippen LogP) is 3.14. The lowest BCUT2D eigenvalue weighted by atomic mass is 10.1. The van der Waals surface area contributed by atoms with Gasteiger partial charge in [0.15, 0.2) is 0 Å². The van der Waals surface area contributed by atoms with Crippen LogP contribution in [0.4, 0.5) is 4.39 Å². The van der Waals surface area contributed by atoms with Gasteiger partial charge in [-0.2, -0.15) is 5.10 Å². The van der Waals surface area contributed by atoms with Gasteiger partial charge in [0.25, 0.3) is 0 Å². The van der Waals surface area contributed by atoms with E-state index in [1.54, 1.807) is 34.2 Å². The first-order chi connectivity index (χ1) is 13.0. The molecule has 0 spiro atoms. The van der Waals surface area contributed by atoms with E-state index in [-0.39, 0.29) is 19.0 Å². The Hall–Kier alpha value is -2.06. The number of aliphatic hydroxyl groups is 2. The number of rotatable bonds is 8. The summed E-state index contributed by atoms with van der Waals surface area (Å²) in [4.78, 5) is 4.31. The molecule has 0 aliphatic carbocycles. The van der Waals surface area contributed by atoms with Crippen molar-refractivity contribution in [3.63, 3.8) is 0 Å².